The van der Waals surface area contributed by atoms with E-state index >= 15 is 0 Å². The number of hydrogen-bond donors (Lipinski definition) is 1. The number of anilines is 1. The first-order valence-electron chi connectivity index (χ1n) is 8.07. The number of carbonyl (C=O) groups is 1. The number of ether oxygens (including phenoxy) is 2. The number of rotatable bonds is 10. The van der Waals surface area contributed by atoms with Crippen LogP contribution in [0.2, 0.25) is 0 Å². The molecule has 5 heteroatoms. The Hall–Kier alpha value is -2.14. The van der Waals surface area contributed by atoms with Gasteiger partial charge < -0.3 is 14.8 Å². The molecular formula is C19H23NO3S. The van der Waals surface area contributed by atoms with Gasteiger partial charge in [0.15, 0.2) is 0 Å². The molecule has 4 nitrogen and oxygen atoms in total. The summed E-state index contributed by atoms with van der Waals surface area (Å²) in [7, 11) is 0. The van der Waals surface area contributed by atoms with E-state index in [1.165, 1.54) is 0 Å². The van der Waals surface area contributed by atoms with Gasteiger partial charge in [-0.05, 0) is 43.4 Å². The maximum Gasteiger partial charge on any atom is 0.234 e. The molecule has 0 aromatic heterocycles. The van der Waals surface area contributed by atoms with Crippen LogP contribution in [0.1, 0.15) is 13.3 Å². The van der Waals surface area contributed by atoms with E-state index in [0.29, 0.717) is 24.7 Å². The Balaban J connectivity index is 1.61. The first kappa shape index (κ1) is 18.2. The van der Waals surface area contributed by atoms with Crippen LogP contribution in [-0.2, 0) is 4.79 Å². The zero-order valence-corrected chi connectivity index (χ0v) is 14.7. The zero-order chi connectivity index (χ0) is 17.0. The lowest BCUT2D eigenvalue weighted by molar-refractivity contribution is -0.113. The second-order valence-corrected chi connectivity index (χ2v) is 6.15. The van der Waals surface area contributed by atoms with E-state index in [0.717, 1.165) is 23.6 Å². The van der Waals surface area contributed by atoms with E-state index < -0.39 is 0 Å². The maximum atomic E-state index is 12.0. The van der Waals surface area contributed by atoms with Crippen LogP contribution in [0, 0.1) is 0 Å². The van der Waals surface area contributed by atoms with Gasteiger partial charge in [0, 0.05) is 0 Å². The predicted octanol–water partition coefficient (Wildman–Crippen LogP) is 4.23. The fourth-order valence-electron chi connectivity index (χ4n) is 2.07. The maximum absolute atomic E-state index is 12.0. The van der Waals surface area contributed by atoms with Crippen LogP contribution in [0.4, 0.5) is 5.69 Å². The Labute approximate surface area is 147 Å². The molecule has 24 heavy (non-hydrogen) atoms. The molecule has 0 aliphatic heterocycles. The summed E-state index contributed by atoms with van der Waals surface area (Å²) in [5, 5.41) is 2.90. The molecule has 0 fully saturated rings. The topological polar surface area (TPSA) is 47.6 Å². The van der Waals surface area contributed by atoms with Gasteiger partial charge in [-0.1, -0.05) is 30.3 Å². The smallest absolute Gasteiger partial charge is 0.234 e. The van der Waals surface area contributed by atoms with E-state index in [9.17, 15) is 4.79 Å². The van der Waals surface area contributed by atoms with Gasteiger partial charge in [0.2, 0.25) is 5.91 Å². The number of para-hydroxylation sites is 3. The highest BCUT2D eigenvalue weighted by molar-refractivity contribution is 7.99. The molecule has 0 radical (unpaired) electrons. The lowest BCUT2D eigenvalue weighted by Gasteiger charge is -2.11. The molecule has 0 unspecified atom stereocenters. The van der Waals surface area contributed by atoms with Gasteiger partial charge in [0.25, 0.3) is 0 Å². The van der Waals surface area contributed by atoms with E-state index in [1.54, 1.807) is 11.8 Å². The predicted molar refractivity (Wildman–Crippen MR) is 100 cm³/mol. The molecule has 1 amide bonds. The molecule has 0 atom stereocenters. The molecule has 0 aliphatic rings. The van der Waals surface area contributed by atoms with Gasteiger partial charge in [-0.15, -0.1) is 0 Å². The minimum atomic E-state index is -0.0175. The highest BCUT2D eigenvalue weighted by atomic mass is 32.2. The standard InChI is InChI=1S/C19H23NO3S/c1-2-22-18-12-7-6-11-17(18)20-19(21)15-24-14-8-13-23-16-9-4-3-5-10-16/h3-7,9-12H,2,8,13-15H2,1H3,(H,20,21). The summed E-state index contributed by atoms with van der Waals surface area (Å²) in [5.74, 6) is 2.87. The fourth-order valence-corrected chi connectivity index (χ4v) is 2.79. The van der Waals surface area contributed by atoms with Crippen LogP contribution in [-0.4, -0.2) is 30.6 Å². The van der Waals surface area contributed by atoms with Crippen molar-refractivity contribution < 1.29 is 14.3 Å². The van der Waals surface area contributed by atoms with Crippen LogP contribution in [0.15, 0.2) is 54.6 Å². The third kappa shape index (κ3) is 6.54. The SMILES string of the molecule is CCOc1ccccc1NC(=O)CSCCCOc1ccccc1. The first-order valence-corrected chi connectivity index (χ1v) is 9.22. The summed E-state index contributed by atoms with van der Waals surface area (Å²) in [5.41, 5.74) is 0.720. The summed E-state index contributed by atoms with van der Waals surface area (Å²) in [4.78, 5) is 12.0. The van der Waals surface area contributed by atoms with Gasteiger partial charge in [-0.25, -0.2) is 0 Å². The second kappa shape index (κ2) is 10.6. The Kier molecular flexibility index (Phi) is 8.04. The first-order chi connectivity index (χ1) is 11.8. The average Bonchev–Trinajstić information content (AvgIpc) is 2.61. The highest BCUT2D eigenvalue weighted by Crippen LogP contribution is 2.23. The molecule has 0 bridgehead atoms. The number of hydrogen-bond acceptors (Lipinski definition) is 4. The molecule has 0 aliphatic carbocycles. The molecule has 0 saturated heterocycles. The number of amides is 1. The van der Waals surface area contributed by atoms with Crippen LogP contribution in [0.5, 0.6) is 11.5 Å². The number of nitrogens with one attached hydrogen (secondary N) is 1. The summed E-state index contributed by atoms with van der Waals surface area (Å²) in [6.45, 7) is 3.15. The monoisotopic (exact) mass is 345 g/mol. The van der Waals surface area contributed by atoms with Crippen molar-refractivity contribution in [2.45, 2.75) is 13.3 Å². The van der Waals surface area contributed by atoms with E-state index in [-0.39, 0.29) is 5.91 Å². The molecule has 2 aromatic carbocycles. The second-order valence-electron chi connectivity index (χ2n) is 5.05. The van der Waals surface area contributed by atoms with Gasteiger partial charge in [-0.2, -0.15) is 11.8 Å². The van der Waals surface area contributed by atoms with Crippen LogP contribution >= 0.6 is 11.8 Å². The number of thioether (sulfide) groups is 1. The van der Waals surface area contributed by atoms with Gasteiger partial charge >= 0.3 is 0 Å². The normalized spacial score (nSPS) is 10.2. The van der Waals surface area contributed by atoms with Crippen molar-refractivity contribution in [1.82, 2.24) is 0 Å². The van der Waals surface area contributed by atoms with E-state index in [2.05, 4.69) is 5.32 Å². The highest BCUT2D eigenvalue weighted by Gasteiger charge is 2.07. The van der Waals surface area contributed by atoms with Crippen molar-refractivity contribution in [1.29, 1.82) is 0 Å². The van der Waals surface area contributed by atoms with Crippen molar-refractivity contribution in [3.8, 4) is 11.5 Å². The van der Waals surface area contributed by atoms with Crippen LogP contribution in [0.25, 0.3) is 0 Å². The van der Waals surface area contributed by atoms with Crippen molar-refractivity contribution in [3.63, 3.8) is 0 Å². The van der Waals surface area contributed by atoms with Crippen LogP contribution in [0.3, 0.4) is 0 Å². The summed E-state index contributed by atoms with van der Waals surface area (Å²) in [6, 6.07) is 17.2. The quantitative estimate of drug-likeness (QED) is 0.655. The Morgan fingerprint density at radius 1 is 1.04 bits per heavy atom. The van der Waals surface area contributed by atoms with Crippen molar-refractivity contribution in [2.75, 3.05) is 30.0 Å². The number of benzene rings is 2. The zero-order valence-electron chi connectivity index (χ0n) is 13.9. The average molecular weight is 345 g/mol. The summed E-state index contributed by atoms with van der Waals surface area (Å²) >= 11 is 1.60. The Morgan fingerprint density at radius 3 is 2.58 bits per heavy atom. The van der Waals surface area contributed by atoms with Crippen LogP contribution < -0.4 is 14.8 Å². The minimum Gasteiger partial charge on any atom is -0.494 e. The number of carbonyl (C=O) groups excluding carboxylic acids is 1. The lowest BCUT2D eigenvalue weighted by atomic mass is 10.3. The molecule has 2 aromatic rings. The Bertz CT molecular complexity index is 619. The van der Waals surface area contributed by atoms with Crippen molar-refractivity contribution >= 4 is 23.4 Å². The molecular weight excluding hydrogens is 322 g/mol. The van der Waals surface area contributed by atoms with E-state index in [1.807, 2.05) is 61.5 Å². The largest absolute Gasteiger partial charge is 0.494 e. The fraction of sp³-hybridized carbons (Fsp3) is 0.316. The van der Waals surface area contributed by atoms with Gasteiger partial charge in [0.05, 0.1) is 24.7 Å². The minimum absolute atomic E-state index is 0.0175. The molecule has 0 saturated carbocycles. The summed E-state index contributed by atoms with van der Waals surface area (Å²) < 4.78 is 11.1. The third-order valence-electron chi connectivity index (χ3n) is 3.14. The molecule has 0 heterocycles. The molecule has 2 rings (SSSR count). The van der Waals surface area contributed by atoms with E-state index in [4.69, 9.17) is 9.47 Å². The molecule has 1 N–H and O–H groups in total. The molecule has 0 spiro atoms. The summed E-state index contributed by atoms with van der Waals surface area (Å²) in [6.07, 6.45) is 0.905. The lowest BCUT2D eigenvalue weighted by Crippen LogP contribution is -2.15. The van der Waals surface area contributed by atoms with Gasteiger partial charge in [-0.3, -0.25) is 4.79 Å². The van der Waals surface area contributed by atoms with Gasteiger partial charge in [0.1, 0.15) is 11.5 Å². The third-order valence-corrected chi connectivity index (χ3v) is 4.18. The van der Waals surface area contributed by atoms with Crippen molar-refractivity contribution in [3.05, 3.63) is 54.6 Å². The van der Waals surface area contributed by atoms with Crippen molar-refractivity contribution in [2.24, 2.45) is 0 Å². The molecule has 128 valence electrons. The Morgan fingerprint density at radius 2 is 1.79 bits per heavy atom.